The Balaban J connectivity index is 1.73. The highest BCUT2D eigenvalue weighted by Gasteiger charge is 2.03. The summed E-state index contributed by atoms with van der Waals surface area (Å²) in [5.41, 5.74) is 8.08. The van der Waals surface area contributed by atoms with Crippen LogP contribution in [0.3, 0.4) is 0 Å². The van der Waals surface area contributed by atoms with Crippen LogP contribution in [0.15, 0.2) is 54.6 Å². The molecule has 0 aromatic heterocycles. The maximum absolute atomic E-state index is 12.1. The zero-order valence-corrected chi connectivity index (χ0v) is 15.7. The largest absolute Gasteiger partial charge is 0.326 e. The number of nitrogens with two attached hydrogens (primary N) is 1. The second-order valence-corrected chi connectivity index (χ2v) is 6.35. The molecule has 0 spiro atoms. The number of benzene rings is 2. The molecule has 0 aliphatic carbocycles. The molecule has 0 saturated carbocycles. The van der Waals surface area contributed by atoms with E-state index in [1.165, 1.54) is 6.08 Å². The molecule has 0 aliphatic rings. The fraction of sp³-hybridized carbons (Fsp3) is 0.238. The second kappa shape index (κ2) is 11.7. The lowest BCUT2D eigenvalue weighted by Gasteiger charge is -2.07. The molecule has 2 rings (SSSR count). The average Bonchev–Trinajstić information content (AvgIpc) is 2.72. The summed E-state index contributed by atoms with van der Waals surface area (Å²) in [6.07, 6.45) is 5.68. The number of hydrogen-bond acceptors (Lipinski definition) is 5. The van der Waals surface area contributed by atoms with Crippen molar-refractivity contribution >= 4 is 23.6 Å². The van der Waals surface area contributed by atoms with Crippen LogP contribution >= 0.6 is 0 Å². The van der Waals surface area contributed by atoms with Crippen LogP contribution in [0.5, 0.6) is 0 Å². The van der Waals surface area contributed by atoms with Crippen LogP contribution in [-0.2, 0) is 22.4 Å². The Morgan fingerprint density at radius 3 is 2.25 bits per heavy atom. The molecule has 0 radical (unpaired) electrons. The summed E-state index contributed by atoms with van der Waals surface area (Å²) in [4.78, 5) is 23.0. The van der Waals surface area contributed by atoms with Gasteiger partial charge in [0.1, 0.15) is 0 Å². The van der Waals surface area contributed by atoms with Gasteiger partial charge in [0, 0.05) is 24.7 Å². The summed E-state index contributed by atoms with van der Waals surface area (Å²) >= 11 is 0. The van der Waals surface area contributed by atoms with E-state index in [2.05, 4.69) is 10.7 Å². The summed E-state index contributed by atoms with van der Waals surface area (Å²) in [7, 11) is 0. The van der Waals surface area contributed by atoms with E-state index < -0.39 is 5.91 Å². The molecule has 0 heterocycles. The van der Waals surface area contributed by atoms with Gasteiger partial charge in [-0.25, -0.2) is 5.48 Å². The van der Waals surface area contributed by atoms with Gasteiger partial charge < -0.3 is 5.32 Å². The Labute approximate surface area is 164 Å². The number of anilines is 1. The molecule has 2 aromatic carbocycles. The van der Waals surface area contributed by atoms with Crippen molar-refractivity contribution in [2.75, 3.05) is 11.9 Å². The predicted octanol–water partition coefficient (Wildman–Crippen LogP) is 2.17. The number of amides is 2. The number of hydroxylamine groups is 1. The van der Waals surface area contributed by atoms with E-state index in [1.54, 1.807) is 11.6 Å². The average molecular weight is 382 g/mol. The van der Waals surface area contributed by atoms with E-state index >= 15 is 0 Å². The maximum atomic E-state index is 12.1. The van der Waals surface area contributed by atoms with Crippen LogP contribution < -0.4 is 22.1 Å². The fourth-order valence-electron chi connectivity index (χ4n) is 2.65. The van der Waals surface area contributed by atoms with Crippen molar-refractivity contribution < 1.29 is 14.8 Å². The van der Waals surface area contributed by atoms with E-state index in [9.17, 15) is 9.59 Å². The molecule has 2 aromatic rings. The molecule has 0 saturated heterocycles. The number of hydrazine groups is 1. The third-order valence-electron chi connectivity index (χ3n) is 4.18. The first-order chi connectivity index (χ1) is 13.6. The zero-order chi connectivity index (χ0) is 20.2. The lowest BCUT2D eigenvalue weighted by molar-refractivity contribution is -0.124. The highest BCUT2D eigenvalue weighted by atomic mass is 16.5. The van der Waals surface area contributed by atoms with Crippen LogP contribution in [-0.4, -0.2) is 23.6 Å². The molecule has 0 atom stereocenters. The van der Waals surface area contributed by atoms with Gasteiger partial charge in [-0.1, -0.05) is 36.4 Å². The summed E-state index contributed by atoms with van der Waals surface area (Å²) in [6.45, 7) is 0.709. The summed E-state index contributed by atoms with van der Waals surface area (Å²) in [5.74, 6) is 4.68. The Morgan fingerprint density at radius 1 is 0.964 bits per heavy atom. The SMILES string of the molecule is NNCCc1ccc(NC(=O)CCCc2ccc(C=CC(=O)NO)cc2)cc1. The van der Waals surface area contributed by atoms with Gasteiger partial charge in [-0.15, -0.1) is 0 Å². The minimum Gasteiger partial charge on any atom is -0.326 e. The molecule has 7 heteroatoms. The van der Waals surface area contributed by atoms with E-state index in [0.717, 1.165) is 41.6 Å². The molecule has 0 fully saturated rings. The van der Waals surface area contributed by atoms with Crippen molar-refractivity contribution in [2.24, 2.45) is 5.84 Å². The zero-order valence-electron chi connectivity index (χ0n) is 15.7. The molecule has 148 valence electrons. The molecule has 6 N–H and O–H groups in total. The second-order valence-electron chi connectivity index (χ2n) is 6.35. The highest BCUT2D eigenvalue weighted by Crippen LogP contribution is 2.12. The molecule has 2 amide bonds. The molecular weight excluding hydrogens is 356 g/mol. The van der Waals surface area contributed by atoms with Crippen LogP contribution in [0.4, 0.5) is 5.69 Å². The number of hydrogen-bond donors (Lipinski definition) is 5. The number of rotatable bonds is 10. The first-order valence-electron chi connectivity index (χ1n) is 9.14. The van der Waals surface area contributed by atoms with Gasteiger partial charge in [0.05, 0.1) is 0 Å². The van der Waals surface area contributed by atoms with Crippen LogP contribution in [0.1, 0.15) is 29.5 Å². The van der Waals surface area contributed by atoms with Crippen LogP contribution in [0, 0.1) is 0 Å². The molecule has 0 unspecified atom stereocenters. The van der Waals surface area contributed by atoms with Gasteiger partial charge in [-0.3, -0.25) is 26.1 Å². The molecular formula is C21H26N4O3. The smallest absolute Gasteiger partial charge is 0.267 e. The molecule has 7 nitrogen and oxygen atoms in total. The van der Waals surface area contributed by atoms with Crippen molar-refractivity contribution in [1.29, 1.82) is 0 Å². The molecule has 0 bridgehead atoms. The lowest BCUT2D eigenvalue weighted by Crippen LogP contribution is -2.24. The van der Waals surface area contributed by atoms with Gasteiger partial charge in [0.15, 0.2) is 0 Å². The Hall–Kier alpha value is -3.00. The van der Waals surface area contributed by atoms with Gasteiger partial charge in [0.2, 0.25) is 5.91 Å². The predicted molar refractivity (Wildman–Crippen MR) is 109 cm³/mol. The maximum Gasteiger partial charge on any atom is 0.267 e. The minimum atomic E-state index is -0.572. The number of carbonyl (C=O) groups is 2. The number of aryl methyl sites for hydroxylation is 1. The Bertz CT molecular complexity index is 786. The fourth-order valence-corrected chi connectivity index (χ4v) is 2.65. The third kappa shape index (κ3) is 7.71. The highest BCUT2D eigenvalue weighted by molar-refractivity contribution is 5.91. The normalized spacial score (nSPS) is 10.8. The quantitative estimate of drug-likeness (QED) is 0.187. The van der Waals surface area contributed by atoms with Gasteiger partial charge >= 0.3 is 0 Å². The van der Waals surface area contributed by atoms with Crippen molar-refractivity contribution in [3.8, 4) is 0 Å². The Morgan fingerprint density at radius 2 is 1.61 bits per heavy atom. The third-order valence-corrected chi connectivity index (χ3v) is 4.18. The number of nitrogens with one attached hydrogen (secondary N) is 3. The van der Waals surface area contributed by atoms with Crippen molar-refractivity contribution in [1.82, 2.24) is 10.9 Å². The van der Waals surface area contributed by atoms with E-state index in [1.807, 2.05) is 48.5 Å². The van der Waals surface area contributed by atoms with E-state index in [0.29, 0.717) is 13.0 Å². The standard InChI is InChI=1S/C21H26N4O3/c22-23-15-14-18-8-11-19(12-9-18)24-20(26)3-1-2-16-4-6-17(7-5-16)10-13-21(27)25-28/h4-13,23,28H,1-3,14-15,22H2,(H,24,26)(H,25,27). The first kappa shape index (κ1) is 21.3. The van der Waals surface area contributed by atoms with E-state index in [4.69, 9.17) is 11.0 Å². The molecule has 28 heavy (non-hydrogen) atoms. The summed E-state index contributed by atoms with van der Waals surface area (Å²) in [5, 5.41) is 11.4. The van der Waals surface area contributed by atoms with Crippen LogP contribution in [0.2, 0.25) is 0 Å². The Kier molecular flexibility index (Phi) is 8.87. The van der Waals surface area contributed by atoms with Crippen molar-refractivity contribution in [3.05, 3.63) is 71.3 Å². The lowest BCUT2D eigenvalue weighted by atomic mass is 10.1. The molecule has 0 aliphatic heterocycles. The van der Waals surface area contributed by atoms with E-state index in [-0.39, 0.29) is 5.91 Å². The topological polar surface area (TPSA) is 116 Å². The summed E-state index contributed by atoms with van der Waals surface area (Å²) < 4.78 is 0. The van der Waals surface area contributed by atoms with Crippen molar-refractivity contribution in [2.45, 2.75) is 25.7 Å². The minimum absolute atomic E-state index is 0.00838. The van der Waals surface area contributed by atoms with Crippen LogP contribution in [0.25, 0.3) is 6.08 Å². The van der Waals surface area contributed by atoms with Gasteiger partial charge in [-0.2, -0.15) is 0 Å². The van der Waals surface area contributed by atoms with Gasteiger partial charge in [-0.05, 0) is 54.2 Å². The van der Waals surface area contributed by atoms with Gasteiger partial charge in [0.25, 0.3) is 5.91 Å². The number of carbonyl (C=O) groups excluding carboxylic acids is 2. The van der Waals surface area contributed by atoms with Crippen molar-refractivity contribution in [3.63, 3.8) is 0 Å². The monoisotopic (exact) mass is 382 g/mol. The first-order valence-corrected chi connectivity index (χ1v) is 9.14. The summed E-state index contributed by atoms with van der Waals surface area (Å²) in [6, 6.07) is 15.4.